The predicted molar refractivity (Wildman–Crippen MR) is 140 cm³/mol. The third-order valence-electron chi connectivity index (χ3n) is 6.15. The largest absolute Gasteiger partial charge is 0.490 e. The van der Waals surface area contributed by atoms with Gasteiger partial charge < -0.3 is 29.1 Å². The molecule has 0 saturated carbocycles. The molecule has 1 aliphatic heterocycles. The minimum Gasteiger partial charge on any atom is -0.490 e. The normalized spacial score (nSPS) is 16.5. The number of hydrogen-bond donors (Lipinski definition) is 2. The van der Waals surface area contributed by atoms with Crippen LogP contribution < -0.4 is 20.2 Å². The standard InChI is InChI=1S/C24H31N4O5PS/c1-13(2)25-23(30)17-9-15-16(11-27(3)24(31)21(15)26-17)22-18(10-20(35-22)34(5,6)32)33-12-14-7-8-19(29)28(14)4/h9-11,13-14,26H,7-8,12H2,1-6H3,(H,25,30). The van der Waals surface area contributed by atoms with Crippen molar-refractivity contribution in [2.24, 2.45) is 7.05 Å². The monoisotopic (exact) mass is 518 g/mol. The summed E-state index contributed by atoms with van der Waals surface area (Å²) in [6.07, 6.45) is 2.93. The zero-order valence-electron chi connectivity index (χ0n) is 20.8. The molecule has 0 radical (unpaired) electrons. The van der Waals surface area contributed by atoms with E-state index >= 15 is 0 Å². The Labute approximate surface area is 207 Å². The molecule has 3 aromatic rings. The Morgan fingerprint density at radius 2 is 2.00 bits per heavy atom. The summed E-state index contributed by atoms with van der Waals surface area (Å²) in [5.41, 5.74) is 1.06. The van der Waals surface area contributed by atoms with E-state index in [4.69, 9.17) is 4.74 Å². The molecule has 1 atom stereocenters. The summed E-state index contributed by atoms with van der Waals surface area (Å²) in [6, 6.07) is 3.38. The molecule has 1 saturated heterocycles. The fourth-order valence-corrected chi connectivity index (χ4v) is 6.59. The van der Waals surface area contributed by atoms with Crippen LogP contribution in [0.3, 0.4) is 0 Å². The summed E-state index contributed by atoms with van der Waals surface area (Å²) in [5.74, 6) is 0.347. The Morgan fingerprint density at radius 3 is 2.60 bits per heavy atom. The number of carbonyl (C=O) groups excluding carboxylic acids is 2. The first kappa shape index (κ1) is 25.3. The van der Waals surface area contributed by atoms with Crippen molar-refractivity contribution in [3.63, 3.8) is 0 Å². The molecule has 0 aliphatic carbocycles. The number of aromatic amines is 1. The number of nitrogens with one attached hydrogen (secondary N) is 2. The molecule has 4 rings (SSSR count). The second-order valence-electron chi connectivity index (χ2n) is 9.70. The third-order valence-corrected chi connectivity index (χ3v) is 9.89. The molecule has 35 heavy (non-hydrogen) atoms. The average Bonchev–Trinajstić information content (AvgIpc) is 3.47. The number of fused-ring (bicyclic) bond motifs is 1. The Bertz CT molecular complexity index is 1410. The SMILES string of the molecule is CC(C)NC(=O)c1cc2c(-c3sc(P(C)(C)=O)cc3OCC3CCC(=O)N3C)cn(C)c(=O)c2[nH]1. The predicted octanol–water partition coefficient (Wildman–Crippen LogP) is 2.98. The Morgan fingerprint density at radius 1 is 1.29 bits per heavy atom. The first-order chi connectivity index (χ1) is 16.4. The van der Waals surface area contributed by atoms with Crippen LogP contribution in [-0.4, -0.2) is 65.3 Å². The summed E-state index contributed by atoms with van der Waals surface area (Å²) >= 11 is 1.36. The zero-order valence-corrected chi connectivity index (χ0v) is 22.5. The summed E-state index contributed by atoms with van der Waals surface area (Å²) in [7, 11) is 0.835. The van der Waals surface area contributed by atoms with Crippen LogP contribution >= 0.6 is 18.5 Å². The van der Waals surface area contributed by atoms with Gasteiger partial charge >= 0.3 is 0 Å². The number of amides is 2. The molecular formula is C24H31N4O5PS. The molecule has 4 heterocycles. The molecule has 0 spiro atoms. The quantitative estimate of drug-likeness (QED) is 0.467. The van der Waals surface area contributed by atoms with Crippen LogP contribution in [0.2, 0.25) is 0 Å². The lowest BCUT2D eigenvalue weighted by Gasteiger charge is -2.20. The van der Waals surface area contributed by atoms with E-state index in [1.165, 1.54) is 15.9 Å². The van der Waals surface area contributed by atoms with Gasteiger partial charge in [0.2, 0.25) is 5.91 Å². The number of nitrogens with zero attached hydrogens (tertiary/aromatic N) is 2. The van der Waals surface area contributed by atoms with E-state index in [1.807, 2.05) is 13.8 Å². The number of H-pyrrole nitrogens is 1. The van der Waals surface area contributed by atoms with Crippen LogP contribution in [0.15, 0.2) is 23.1 Å². The molecule has 2 amide bonds. The van der Waals surface area contributed by atoms with E-state index in [-0.39, 0.29) is 29.5 Å². The van der Waals surface area contributed by atoms with Crippen molar-refractivity contribution in [1.29, 1.82) is 0 Å². The lowest BCUT2D eigenvalue weighted by Crippen LogP contribution is -2.33. The average molecular weight is 519 g/mol. The van der Waals surface area contributed by atoms with Gasteiger partial charge in [0.1, 0.15) is 30.7 Å². The third kappa shape index (κ3) is 4.95. The summed E-state index contributed by atoms with van der Waals surface area (Å²) in [5, 5.41) is 3.43. The van der Waals surface area contributed by atoms with Gasteiger partial charge in [-0.05, 0) is 39.7 Å². The Balaban J connectivity index is 1.82. The summed E-state index contributed by atoms with van der Waals surface area (Å²) < 4.78 is 21.3. The first-order valence-electron chi connectivity index (χ1n) is 11.5. The maximum atomic E-state index is 12.9. The van der Waals surface area contributed by atoms with Crippen molar-refractivity contribution < 1.29 is 18.9 Å². The smallest absolute Gasteiger partial charge is 0.274 e. The maximum absolute atomic E-state index is 12.9. The molecule has 11 heteroatoms. The van der Waals surface area contributed by atoms with Crippen molar-refractivity contribution in [2.45, 2.75) is 38.8 Å². The fraction of sp³-hybridized carbons (Fsp3) is 0.458. The second-order valence-corrected chi connectivity index (χ2v) is 14.2. The zero-order chi connectivity index (χ0) is 25.7. The van der Waals surface area contributed by atoms with E-state index in [0.29, 0.717) is 45.6 Å². The summed E-state index contributed by atoms with van der Waals surface area (Å²) in [6.45, 7) is 7.46. The Kier molecular flexibility index (Phi) is 6.72. The van der Waals surface area contributed by atoms with Crippen molar-refractivity contribution in [3.8, 4) is 16.2 Å². The van der Waals surface area contributed by atoms with Gasteiger partial charge in [0.15, 0.2) is 0 Å². The number of thiophene rings is 1. The maximum Gasteiger partial charge on any atom is 0.274 e. The van der Waals surface area contributed by atoms with Gasteiger partial charge in [-0.3, -0.25) is 14.4 Å². The van der Waals surface area contributed by atoms with Crippen LogP contribution in [0, 0.1) is 0 Å². The highest BCUT2D eigenvalue weighted by molar-refractivity contribution is 7.75. The molecule has 3 aromatic heterocycles. The van der Waals surface area contributed by atoms with Crippen LogP contribution in [0.5, 0.6) is 5.75 Å². The highest BCUT2D eigenvalue weighted by atomic mass is 32.1. The van der Waals surface area contributed by atoms with Gasteiger partial charge in [0.25, 0.3) is 11.5 Å². The molecule has 1 unspecified atom stereocenters. The molecular weight excluding hydrogens is 487 g/mol. The van der Waals surface area contributed by atoms with E-state index in [1.54, 1.807) is 50.7 Å². The second kappa shape index (κ2) is 9.32. The van der Waals surface area contributed by atoms with E-state index in [2.05, 4.69) is 10.3 Å². The molecule has 1 fully saturated rings. The van der Waals surface area contributed by atoms with Gasteiger partial charge in [-0.15, -0.1) is 11.3 Å². The highest BCUT2D eigenvalue weighted by Crippen LogP contribution is 2.46. The molecule has 2 N–H and O–H groups in total. The number of likely N-dealkylation sites (N-methyl/N-ethyl adjacent to an activating group) is 1. The lowest BCUT2D eigenvalue weighted by atomic mass is 10.1. The van der Waals surface area contributed by atoms with Crippen molar-refractivity contribution in [2.75, 3.05) is 27.0 Å². The number of carbonyl (C=O) groups is 2. The molecule has 0 bridgehead atoms. The van der Waals surface area contributed by atoms with E-state index in [9.17, 15) is 18.9 Å². The fourth-order valence-electron chi connectivity index (χ4n) is 4.14. The number of aryl methyl sites for hydroxylation is 1. The van der Waals surface area contributed by atoms with Crippen molar-refractivity contribution in [3.05, 3.63) is 34.4 Å². The van der Waals surface area contributed by atoms with Crippen molar-refractivity contribution >= 4 is 45.8 Å². The Hall–Kier alpha value is -2.84. The molecule has 0 aromatic carbocycles. The van der Waals surface area contributed by atoms with E-state index < -0.39 is 7.14 Å². The number of likely N-dealkylation sites (tertiary alicyclic amines) is 1. The van der Waals surface area contributed by atoms with Crippen LogP contribution in [0.4, 0.5) is 0 Å². The first-order valence-corrected chi connectivity index (χ1v) is 14.9. The number of aromatic nitrogens is 2. The van der Waals surface area contributed by atoms with Gasteiger partial charge in [-0.2, -0.15) is 0 Å². The molecule has 9 nitrogen and oxygen atoms in total. The molecule has 1 aliphatic rings. The number of ether oxygens (including phenoxy) is 1. The minimum atomic E-state index is -2.59. The van der Waals surface area contributed by atoms with E-state index in [0.717, 1.165) is 11.3 Å². The lowest BCUT2D eigenvalue weighted by molar-refractivity contribution is -0.127. The number of hydrogen-bond acceptors (Lipinski definition) is 6. The van der Waals surface area contributed by atoms with Crippen LogP contribution in [-0.2, 0) is 16.4 Å². The van der Waals surface area contributed by atoms with Gasteiger partial charge in [0, 0.05) is 49.8 Å². The summed E-state index contributed by atoms with van der Waals surface area (Å²) in [4.78, 5) is 42.9. The molecule has 188 valence electrons. The minimum absolute atomic E-state index is 0.0347. The highest BCUT2D eigenvalue weighted by Gasteiger charge is 2.29. The van der Waals surface area contributed by atoms with Crippen LogP contribution in [0.1, 0.15) is 37.2 Å². The van der Waals surface area contributed by atoms with Gasteiger partial charge in [-0.1, -0.05) is 0 Å². The topological polar surface area (TPSA) is 113 Å². The van der Waals surface area contributed by atoms with Crippen LogP contribution in [0.25, 0.3) is 21.3 Å². The van der Waals surface area contributed by atoms with Gasteiger partial charge in [0.05, 0.1) is 15.5 Å². The number of rotatable bonds is 7. The van der Waals surface area contributed by atoms with Gasteiger partial charge in [-0.25, -0.2) is 0 Å². The number of pyridine rings is 1. The van der Waals surface area contributed by atoms with Crippen molar-refractivity contribution in [1.82, 2.24) is 19.8 Å².